The quantitative estimate of drug-likeness (QED) is 0.920. The van der Waals surface area contributed by atoms with Crippen LogP contribution in [0.4, 0.5) is 0 Å². The van der Waals surface area contributed by atoms with E-state index < -0.39 is 5.97 Å². The van der Waals surface area contributed by atoms with Crippen molar-refractivity contribution in [2.75, 3.05) is 7.11 Å². The van der Waals surface area contributed by atoms with Crippen LogP contribution in [0.2, 0.25) is 0 Å². The second-order valence-corrected chi connectivity index (χ2v) is 4.00. The molecule has 5 heteroatoms. The molecular weight excluding hydrogens is 274 g/mol. The molecule has 0 saturated carbocycles. The van der Waals surface area contributed by atoms with Gasteiger partial charge in [0.2, 0.25) is 0 Å². The van der Waals surface area contributed by atoms with Gasteiger partial charge in [-0.15, -0.1) is 0 Å². The average molecular weight is 282 g/mol. The number of hydrogen-bond acceptors (Lipinski definition) is 3. The van der Waals surface area contributed by atoms with Gasteiger partial charge < -0.3 is 9.84 Å². The van der Waals surface area contributed by atoms with Gasteiger partial charge in [-0.25, -0.2) is 9.78 Å². The van der Waals surface area contributed by atoms with Gasteiger partial charge in [0.1, 0.15) is 11.4 Å². The lowest BCUT2D eigenvalue weighted by molar-refractivity contribution is 0.0691. The summed E-state index contributed by atoms with van der Waals surface area (Å²) in [6.45, 7) is 0. The highest BCUT2D eigenvalue weighted by Gasteiger charge is 2.10. The molecule has 1 aromatic carbocycles. The second-order valence-electron chi connectivity index (χ2n) is 3.15. The van der Waals surface area contributed by atoms with E-state index in [1.54, 1.807) is 25.3 Å². The number of benzene rings is 1. The molecule has 0 saturated heterocycles. The van der Waals surface area contributed by atoms with Crippen LogP contribution in [0.25, 0.3) is 10.9 Å². The van der Waals surface area contributed by atoms with Gasteiger partial charge in [-0.2, -0.15) is 0 Å². The summed E-state index contributed by atoms with van der Waals surface area (Å²) in [5.41, 5.74) is 0.598. The fourth-order valence-electron chi connectivity index (χ4n) is 1.45. The van der Waals surface area contributed by atoms with Crippen LogP contribution >= 0.6 is 15.9 Å². The molecule has 16 heavy (non-hydrogen) atoms. The molecule has 0 aliphatic heterocycles. The molecule has 82 valence electrons. The van der Waals surface area contributed by atoms with Gasteiger partial charge in [0, 0.05) is 9.86 Å². The molecule has 4 nitrogen and oxygen atoms in total. The van der Waals surface area contributed by atoms with Crippen molar-refractivity contribution in [2.24, 2.45) is 0 Å². The minimum absolute atomic E-state index is 0.0152. The van der Waals surface area contributed by atoms with Crippen molar-refractivity contribution < 1.29 is 14.6 Å². The van der Waals surface area contributed by atoms with E-state index in [4.69, 9.17) is 9.84 Å². The Balaban J connectivity index is 2.77. The molecule has 0 aliphatic carbocycles. The van der Waals surface area contributed by atoms with E-state index in [0.717, 1.165) is 9.86 Å². The van der Waals surface area contributed by atoms with E-state index in [1.807, 2.05) is 0 Å². The lowest BCUT2D eigenvalue weighted by atomic mass is 10.2. The Hall–Kier alpha value is -1.62. The Morgan fingerprint density at radius 3 is 2.75 bits per heavy atom. The number of pyridine rings is 1. The number of rotatable bonds is 2. The predicted octanol–water partition coefficient (Wildman–Crippen LogP) is 2.70. The van der Waals surface area contributed by atoms with Crippen molar-refractivity contribution >= 4 is 32.8 Å². The first kappa shape index (κ1) is 10.9. The Morgan fingerprint density at radius 2 is 2.12 bits per heavy atom. The standard InChI is InChI=1S/C11H8BrNO3/c1-16-9-5-3-7(12)10-6(9)2-4-8(13-10)11(14)15/h2-5H,1H3,(H,14,15). The van der Waals surface area contributed by atoms with Gasteiger partial charge >= 0.3 is 5.97 Å². The SMILES string of the molecule is COc1ccc(Br)c2nc(C(=O)O)ccc12. The maximum absolute atomic E-state index is 10.8. The van der Waals surface area contributed by atoms with Gasteiger partial charge in [0.25, 0.3) is 0 Å². The summed E-state index contributed by atoms with van der Waals surface area (Å²) in [7, 11) is 1.56. The fourth-order valence-corrected chi connectivity index (χ4v) is 1.89. The van der Waals surface area contributed by atoms with E-state index in [9.17, 15) is 4.79 Å². The average Bonchev–Trinajstić information content (AvgIpc) is 2.29. The van der Waals surface area contributed by atoms with Crippen molar-refractivity contribution in [1.82, 2.24) is 4.98 Å². The summed E-state index contributed by atoms with van der Waals surface area (Å²) >= 11 is 3.33. The third kappa shape index (κ3) is 1.74. The number of carboxylic acid groups (broad SMARTS) is 1. The molecule has 0 aliphatic rings. The first-order valence-electron chi connectivity index (χ1n) is 4.50. The smallest absolute Gasteiger partial charge is 0.354 e. The predicted molar refractivity (Wildman–Crippen MR) is 63.0 cm³/mol. The molecule has 0 atom stereocenters. The third-order valence-corrected chi connectivity index (χ3v) is 2.85. The lowest BCUT2D eigenvalue weighted by Crippen LogP contribution is -2.00. The number of ether oxygens (including phenoxy) is 1. The number of carbonyl (C=O) groups is 1. The number of carboxylic acids is 1. The maximum atomic E-state index is 10.8. The second kappa shape index (κ2) is 4.09. The van der Waals surface area contributed by atoms with Crippen molar-refractivity contribution in [2.45, 2.75) is 0 Å². The number of aromatic carboxylic acids is 1. The van der Waals surface area contributed by atoms with Crippen LogP contribution in [-0.2, 0) is 0 Å². The normalized spacial score (nSPS) is 10.4. The Kier molecular flexibility index (Phi) is 2.78. The number of halogens is 1. The Morgan fingerprint density at radius 1 is 1.38 bits per heavy atom. The van der Waals surface area contributed by atoms with Gasteiger partial charge in [0.05, 0.1) is 12.6 Å². The minimum Gasteiger partial charge on any atom is -0.496 e. The van der Waals surface area contributed by atoms with E-state index in [-0.39, 0.29) is 5.69 Å². The molecular formula is C11H8BrNO3. The van der Waals surface area contributed by atoms with E-state index in [1.165, 1.54) is 6.07 Å². The van der Waals surface area contributed by atoms with Crippen molar-refractivity contribution in [1.29, 1.82) is 0 Å². The van der Waals surface area contributed by atoms with Crippen LogP contribution < -0.4 is 4.74 Å². The van der Waals surface area contributed by atoms with Crippen LogP contribution in [0.3, 0.4) is 0 Å². The molecule has 2 rings (SSSR count). The molecule has 0 spiro atoms. The molecule has 0 radical (unpaired) electrons. The number of methoxy groups -OCH3 is 1. The van der Waals surface area contributed by atoms with E-state index >= 15 is 0 Å². The zero-order chi connectivity index (χ0) is 11.7. The van der Waals surface area contributed by atoms with Gasteiger partial charge in [0.15, 0.2) is 0 Å². The number of nitrogens with zero attached hydrogens (tertiary/aromatic N) is 1. The zero-order valence-electron chi connectivity index (χ0n) is 8.40. The monoisotopic (exact) mass is 281 g/mol. The van der Waals surface area contributed by atoms with Gasteiger partial charge in [-0.3, -0.25) is 0 Å². The number of aromatic nitrogens is 1. The summed E-state index contributed by atoms with van der Waals surface area (Å²) < 4.78 is 5.92. The number of hydrogen-bond donors (Lipinski definition) is 1. The molecule has 0 bridgehead atoms. The van der Waals surface area contributed by atoms with Crippen LogP contribution in [0.15, 0.2) is 28.7 Å². The van der Waals surface area contributed by atoms with Crippen LogP contribution in [0.5, 0.6) is 5.75 Å². The van der Waals surface area contributed by atoms with Crippen LogP contribution in [0, 0.1) is 0 Å². The summed E-state index contributed by atoms with van der Waals surface area (Å²) in [6, 6.07) is 6.73. The highest BCUT2D eigenvalue weighted by atomic mass is 79.9. The highest BCUT2D eigenvalue weighted by Crippen LogP contribution is 2.30. The maximum Gasteiger partial charge on any atom is 0.354 e. The third-order valence-electron chi connectivity index (χ3n) is 2.21. The van der Waals surface area contributed by atoms with Crippen molar-refractivity contribution in [3.05, 3.63) is 34.4 Å². The molecule has 2 aromatic rings. The topological polar surface area (TPSA) is 59.4 Å². The molecule has 1 N–H and O–H groups in total. The molecule has 1 heterocycles. The van der Waals surface area contributed by atoms with Crippen LogP contribution in [-0.4, -0.2) is 23.2 Å². The van der Waals surface area contributed by atoms with E-state index in [2.05, 4.69) is 20.9 Å². The first-order valence-corrected chi connectivity index (χ1v) is 5.29. The molecule has 1 aromatic heterocycles. The van der Waals surface area contributed by atoms with Gasteiger partial charge in [-0.05, 0) is 40.2 Å². The van der Waals surface area contributed by atoms with Gasteiger partial charge in [-0.1, -0.05) is 0 Å². The number of fused-ring (bicyclic) bond motifs is 1. The fraction of sp³-hybridized carbons (Fsp3) is 0.0909. The van der Waals surface area contributed by atoms with Crippen LogP contribution in [0.1, 0.15) is 10.5 Å². The Labute approximate surface area is 100.0 Å². The zero-order valence-corrected chi connectivity index (χ0v) is 9.98. The van der Waals surface area contributed by atoms with Crippen molar-refractivity contribution in [3.63, 3.8) is 0 Å². The van der Waals surface area contributed by atoms with E-state index in [0.29, 0.717) is 11.3 Å². The largest absolute Gasteiger partial charge is 0.496 e. The molecule has 0 amide bonds. The summed E-state index contributed by atoms with van der Waals surface area (Å²) in [4.78, 5) is 14.9. The summed E-state index contributed by atoms with van der Waals surface area (Å²) in [5, 5.41) is 9.63. The minimum atomic E-state index is -1.04. The van der Waals surface area contributed by atoms with Crippen molar-refractivity contribution in [3.8, 4) is 5.75 Å². The first-order chi connectivity index (χ1) is 7.63. The summed E-state index contributed by atoms with van der Waals surface area (Å²) in [6.07, 6.45) is 0. The molecule has 0 unspecified atom stereocenters. The molecule has 0 fully saturated rings. The Bertz CT molecular complexity index is 568. The summed E-state index contributed by atoms with van der Waals surface area (Å²) in [5.74, 6) is -0.376. The lowest BCUT2D eigenvalue weighted by Gasteiger charge is -2.06. The highest BCUT2D eigenvalue weighted by molar-refractivity contribution is 9.10.